The number of piperazine rings is 1. The van der Waals surface area contributed by atoms with Crippen LogP contribution in [0.4, 0.5) is 28.4 Å². The van der Waals surface area contributed by atoms with Gasteiger partial charge in [0.15, 0.2) is 0 Å². The minimum atomic E-state index is -4.61. The Morgan fingerprint density at radius 3 is 2.51 bits per heavy atom. The lowest BCUT2D eigenvalue weighted by atomic mass is 9.93. The zero-order chi connectivity index (χ0) is 44.7. The quantitative estimate of drug-likeness (QED) is 0.0818. The Labute approximate surface area is 376 Å². The van der Waals surface area contributed by atoms with Crippen LogP contribution in [0.3, 0.4) is 0 Å². The van der Waals surface area contributed by atoms with Crippen LogP contribution in [0.5, 0.6) is 5.88 Å². The second kappa shape index (κ2) is 17.8. The number of likely N-dealkylation sites (N-methyl/N-ethyl adjacent to an activating group) is 1. The Bertz CT molecular complexity index is 2860. The van der Waals surface area contributed by atoms with Gasteiger partial charge in [0.25, 0.3) is 21.6 Å². The highest BCUT2D eigenvalue weighted by Crippen LogP contribution is 2.45. The van der Waals surface area contributed by atoms with Crippen LogP contribution in [0, 0.1) is 10.1 Å². The summed E-state index contributed by atoms with van der Waals surface area (Å²) in [5.74, 6) is 0.101. The summed E-state index contributed by atoms with van der Waals surface area (Å²) in [6, 6.07) is 30.2. The number of ether oxygens (including phenoxy) is 3. The Morgan fingerprint density at radius 2 is 1.72 bits per heavy atom. The molecule has 10 rings (SSSR count). The molecule has 3 fully saturated rings. The number of aromatic nitrogens is 2. The fourth-order valence-corrected chi connectivity index (χ4v) is 10.1. The molecule has 0 bridgehead atoms. The molecule has 6 aromatic rings. The van der Waals surface area contributed by atoms with Gasteiger partial charge in [0.1, 0.15) is 17.0 Å². The number of H-pyrrole nitrogens is 1. The van der Waals surface area contributed by atoms with Gasteiger partial charge in [-0.3, -0.25) is 14.9 Å². The molecule has 3 aliphatic heterocycles. The number of nitrogens with one attached hydrogen (secondary N) is 3. The predicted molar refractivity (Wildman–Crippen MR) is 248 cm³/mol. The molecule has 4 aliphatic rings. The molecule has 1 aliphatic carbocycles. The summed E-state index contributed by atoms with van der Waals surface area (Å²) in [7, 11) is -2.42. The maximum absolute atomic E-state index is 14.4. The third-order valence-electron chi connectivity index (χ3n) is 12.7. The third kappa shape index (κ3) is 8.84. The number of fused-ring (bicyclic) bond motifs is 2. The molecule has 1 amide bonds. The summed E-state index contributed by atoms with van der Waals surface area (Å²) in [5, 5.41) is 16.0. The van der Waals surface area contributed by atoms with E-state index in [9.17, 15) is 23.3 Å². The molecule has 2 saturated heterocycles. The number of amides is 1. The molecule has 65 heavy (non-hydrogen) atoms. The Kier molecular flexibility index (Phi) is 11.6. The van der Waals surface area contributed by atoms with Crippen molar-refractivity contribution < 1.29 is 32.3 Å². The molecule has 336 valence electrons. The molecular weight excluding hydrogens is 849 g/mol. The molecule has 17 heteroatoms. The lowest BCUT2D eigenvalue weighted by Crippen LogP contribution is -2.47. The van der Waals surface area contributed by atoms with E-state index in [0.717, 1.165) is 47.9 Å². The van der Waals surface area contributed by atoms with Crippen LogP contribution in [0.2, 0.25) is 0 Å². The lowest BCUT2D eigenvalue weighted by molar-refractivity contribution is -0.384. The molecular formula is C48H50N8O8S. The first-order valence-electron chi connectivity index (χ1n) is 22.1. The Balaban J connectivity index is 0.977. The van der Waals surface area contributed by atoms with Gasteiger partial charge in [-0.05, 0) is 103 Å². The molecule has 2 aromatic heterocycles. The zero-order valence-corrected chi connectivity index (χ0v) is 36.8. The maximum atomic E-state index is 14.4. The molecule has 4 aromatic carbocycles. The molecule has 16 nitrogen and oxygen atoms in total. The van der Waals surface area contributed by atoms with Crippen LogP contribution in [0.15, 0.2) is 108 Å². The third-order valence-corrected chi connectivity index (χ3v) is 14.0. The number of nitro groups is 1. The smallest absolute Gasteiger partial charge is 0.293 e. The standard InChI is InChI=1S/C48H50N8O8S/c1-53-20-21-54(45(29-53)39-6-3-2-5-38(39)32-7-8-32)35-12-9-31(10-13-35)33-11-15-40(42(25-33)55-19-4-22-64-48-44(55)26-34-17-18-49-46(34)51-48)47(57)52-65(60,61)37-14-16-41(43(27-37)56(58)59)50-28-36-30-62-23-24-63-36/h2-3,5-6,9-18,25-27,32,36,45,50H,4,7-8,19-24,28-30H2,1H3,(H,49,51)(H,52,57)/t36-,45?/m0/s1. The summed E-state index contributed by atoms with van der Waals surface area (Å²) in [6.45, 7) is 4.98. The molecule has 0 spiro atoms. The summed E-state index contributed by atoms with van der Waals surface area (Å²) in [6.07, 6.45) is 4.52. The second-order valence-corrected chi connectivity index (χ2v) is 18.7. The molecule has 5 heterocycles. The summed E-state index contributed by atoms with van der Waals surface area (Å²) < 4.78 is 47.2. The van der Waals surface area contributed by atoms with Gasteiger partial charge in [0.2, 0.25) is 5.88 Å². The number of sulfonamides is 1. The first kappa shape index (κ1) is 42.4. The first-order chi connectivity index (χ1) is 31.6. The first-order valence-corrected chi connectivity index (χ1v) is 23.5. The lowest BCUT2D eigenvalue weighted by Gasteiger charge is -2.42. The SMILES string of the molecule is CN1CCN(c2ccc(-c3ccc(C(=O)NS(=O)(=O)c4ccc(NC[C@H]5COCCO5)c([N+](=O)[O-])c4)c(N4CCCOc5nc6[nH]ccc6cc54)c3)cc2)C(c2ccccc2C2CC2)C1. The van der Waals surface area contributed by atoms with Gasteiger partial charge in [-0.1, -0.05) is 42.5 Å². The van der Waals surface area contributed by atoms with Crippen molar-refractivity contribution in [3.8, 4) is 17.0 Å². The van der Waals surface area contributed by atoms with Crippen molar-refractivity contribution in [2.24, 2.45) is 0 Å². The van der Waals surface area contributed by atoms with Crippen LogP contribution in [0.1, 0.15) is 52.7 Å². The number of anilines is 4. The summed E-state index contributed by atoms with van der Waals surface area (Å²) in [4.78, 5) is 40.2. The van der Waals surface area contributed by atoms with Crippen LogP contribution in [0.25, 0.3) is 22.2 Å². The van der Waals surface area contributed by atoms with E-state index in [1.54, 1.807) is 18.3 Å². The van der Waals surface area contributed by atoms with Crippen molar-refractivity contribution in [3.05, 3.63) is 130 Å². The number of aromatic amines is 1. The van der Waals surface area contributed by atoms with Gasteiger partial charge in [-0.2, -0.15) is 4.98 Å². The van der Waals surface area contributed by atoms with E-state index in [1.165, 1.54) is 36.1 Å². The van der Waals surface area contributed by atoms with Gasteiger partial charge in [-0.25, -0.2) is 13.1 Å². The Hall–Kier alpha value is -6.53. The molecule has 0 radical (unpaired) electrons. The number of benzene rings is 4. The van der Waals surface area contributed by atoms with Gasteiger partial charge in [0, 0.05) is 56.1 Å². The van der Waals surface area contributed by atoms with Crippen molar-refractivity contribution in [2.45, 2.75) is 42.2 Å². The molecule has 3 N–H and O–H groups in total. The fourth-order valence-electron chi connectivity index (χ4n) is 9.16. The number of nitro benzene ring substituents is 1. The van der Waals surface area contributed by atoms with E-state index in [0.29, 0.717) is 68.2 Å². The highest BCUT2D eigenvalue weighted by atomic mass is 32.2. The fraction of sp³-hybridized carbons (Fsp3) is 0.333. The highest BCUT2D eigenvalue weighted by molar-refractivity contribution is 7.90. The van der Waals surface area contributed by atoms with Gasteiger partial charge in [0.05, 0.1) is 59.6 Å². The van der Waals surface area contributed by atoms with E-state index in [-0.39, 0.29) is 29.9 Å². The number of hydrogen-bond acceptors (Lipinski definition) is 13. The van der Waals surface area contributed by atoms with E-state index in [2.05, 4.69) is 80.4 Å². The van der Waals surface area contributed by atoms with E-state index in [1.807, 2.05) is 23.1 Å². The largest absolute Gasteiger partial charge is 0.476 e. The zero-order valence-electron chi connectivity index (χ0n) is 35.9. The minimum absolute atomic E-state index is 0.0769. The van der Waals surface area contributed by atoms with E-state index >= 15 is 0 Å². The molecule has 1 saturated carbocycles. The van der Waals surface area contributed by atoms with Crippen molar-refractivity contribution in [2.75, 3.05) is 81.3 Å². The normalized spacial score (nSPS) is 19.3. The number of carbonyl (C=O) groups is 1. The minimum Gasteiger partial charge on any atom is -0.476 e. The predicted octanol–water partition coefficient (Wildman–Crippen LogP) is 7.38. The van der Waals surface area contributed by atoms with Crippen LogP contribution < -0.4 is 24.6 Å². The van der Waals surface area contributed by atoms with Crippen molar-refractivity contribution >= 4 is 55.4 Å². The second-order valence-electron chi connectivity index (χ2n) is 17.1. The van der Waals surface area contributed by atoms with Crippen molar-refractivity contribution in [1.82, 2.24) is 19.6 Å². The van der Waals surface area contributed by atoms with E-state index in [4.69, 9.17) is 19.2 Å². The van der Waals surface area contributed by atoms with Crippen molar-refractivity contribution in [1.29, 1.82) is 0 Å². The van der Waals surface area contributed by atoms with Gasteiger partial charge in [-0.15, -0.1) is 0 Å². The number of rotatable bonds is 12. The topological polar surface area (TPSA) is 185 Å². The Morgan fingerprint density at radius 1 is 0.908 bits per heavy atom. The summed E-state index contributed by atoms with van der Waals surface area (Å²) in [5.41, 5.74) is 7.11. The van der Waals surface area contributed by atoms with Crippen LogP contribution >= 0.6 is 0 Å². The number of pyridine rings is 1. The van der Waals surface area contributed by atoms with Crippen molar-refractivity contribution in [3.63, 3.8) is 0 Å². The summed E-state index contributed by atoms with van der Waals surface area (Å²) >= 11 is 0. The van der Waals surface area contributed by atoms with Crippen LogP contribution in [-0.2, 0) is 19.5 Å². The average Bonchev–Trinajstić information content (AvgIpc) is 4.11. The van der Waals surface area contributed by atoms with Gasteiger partial charge < -0.3 is 39.2 Å². The molecule has 2 atom stereocenters. The monoisotopic (exact) mass is 898 g/mol. The van der Waals surface area contributed by atoms with Crippen LogP contribution in [-0.4, -0.2) is 106 Å². The maximum Gasteiger partial charge on any atom is 0.293 e. The van der Waals surface area contributed by atoms with Gasteiger partial charge >= 0.3 is 0 Å². The molecule has 1 unspecified atom stereocenters. The number of carbonyl (C=O) groups excluding carboxylic acids is 1. The number of nitrogens with zero attached hydrogens (tertiary/aromatic N) is 5. The highest BCUT2D eigenvalue weighted by Gasteiger charge is 2.34. The average molecular weight is 899 g/mol. The number of hydrogen-bond donors (Lipinski definition) is 3. The van der Waals surface area contributed by atoms with E-state index < -0.39 is 31.4 Å².